The van der Waals surface area contributed by atoms with E-state index in [0.29, 0.717) is 15.7 Å². The molecule has 3 N–H and O–H groups in total. The molecule has 0 aliphatic carbocycles. The van der Waals surface area contributed by atoms with Crippen LogP contribution in [0.3, 0.4) is 0 Å². The molecule has 2 rings (SSSR count). The van der Waals surface area contributed by atoms with Crippen LogP contribution >= 0.6 is 15.9 Å². The van der Waals surface area contributed by atoms with E-state index in [-0.39, 0.29) is 17.9 Å². The van der Waals surface area contributed by atoms with Crippen LogP contribution in [0.25, 0.3) is 0 Å². The Bertz CT molecular complexity index is 852. The Labute approximate surface area is 159 Å². The van der Waals surface area contributed by atoms with Gasteiger partial charge in [-0.05, 0) is 30.7 Å². The highest BCUT2D eigenvalue weighted by Crippen LogP contribution is 2.32. The molecular formula is C18H18BrN3O4. The third-order valence-corrected chi connectivity index (χ3v) is 3.88. The highest BCUT2D eigenvalue weighted by Gasteiger charge is 2.11. The summed E-state index contributed by atoms with van der Waals surface area (Å²) in [5, 5.41) is 16.4. The van der Waals surface area contributed by atoms with Gasteiger partial charge in [0.15, 0.2) is 11.5 Å². The molecule has 0 fully saturated rings. The van der Waals surface area contributed by atoms with Crippen LogP contribution in [-0.4, -0.2) is 30.2 Å². The van der Waals surface area contributed by atoms with Crippen LogP contribution in [0.4, 0.5) is 5.69 Å². The number of aryl methyl sites for hydroxylation is 1. The van der Waals surface area contributed by atoms with Crippen molar-refractivity contribution in [2.24, 2.45) is 5.10 Å². The lowest BCUT2D eigenvalue weighted by Crippen LogP contribution is -2.24. The Hall–Kier alpha value is -2.87. The van der Waals surface area contributed by atoms with Gasteiger partial charge in [-0.3, -0.25) is 9.59 Å². The van der Waals surface area contributed by atoms with Crippen molar-refractivity contribution in [2.45, 2.75) is 13.3 Å². The van der Waals surface area contributed by atoms with Gasteiger partial charge in [-0.15, -0.1) is 0 Å². The summed E-state index contributed by atoms with van der Waals surface area (Å²) in [6.45, 7) is 1.86. The van der Waals surface area contributed by atoms with Crippen molar-refractivity contribution in [1.29, 1.82) is 0 Å². The van der Waals surface area contributed by atoms with Crippen LogP contribution in [0.2, 0.25) is 0 Å². The number of phenolic OH excluding ortho intramolecular Hbond substituents is 1. The van der Waals surface area contributed by atoms with Crippen LogP contribution in [0, 0.1) is 6.92 Å². The second kappa shape index (κ2) is 9.00. The van der Waals surface area contributed by atoms with Crippen LogP contribution < -0.4 is 15.5 Å². The third kappa shape index (κ3) is 5.32. The Balaban J connectivity index is 1.92. The van der Waals surface area contributed by atoms with Gasteiger partial charge in [-0.25, -0.2) is 5.43 Å². The highest BCUT2D eigenvalue weighted by molar-refractivity contribution is 9.10. The van der Waals surface area contributed by atoms with Gasteiger partial charge in [-0.2, -0.15) is 5.10 Å². The molecule has 0 heterocycles. The summed E-state index contributed by atoms with van der Waals surface area (Å²) >= 11 is 3.29. The molecule has 0 saturated carbocycles. The van der Waals surface area contributed by atoms with Crippen LogP contribution in [0.5, 0.6) is 11.5 Å². The van der Waals surface area contributed by atoms with Crippen molar-refractivity contribution < 1.29 is 19.4 Å². The Morgan fingerprint density at radius 3 is 2.69 bits per heavy atom. The van der Waals surface area contributed by atoms with Gasteiger partial charge in [0.05, 0.1) is 13.3 Å². The molecule has 0 aliphatic heterocycles. The molecule has 7 nitrogen and oxygen atoms in total. The maximum Gasteiger partial charge on any atom is 0.249 e. The fraction of sp³-hybridized carbons (Fsp3) is 0.167. The summed E-state index contributed by atoms with van der Waals surface area (Å²) < 4.78 is 5.71. The number of ether oxygens (including phenoxy) is 1. The number of methoxy groups -OCH3 is 1. The van der Waals surface area contributed by atoms with E-state index in [9.17, 15) is 14.7 Å². The summed E-state index contributed by atoms with van der Waals surface area (Å²) in [5.41, 5.74) is 4.15. The number of rotatable bonds is 6. The quantitative estimate of drug-likeness (QED) is 0.380. The van der Waals surface area contributed by atoms with Gasteiger partial charge in [-0.1, -0.05) is 34.1 Å². The number of nitrogens with one attached hydrogen (secondary N) is 2. The molecule has 8 heteroatoms. The van der Waals surface area contributed by atoms with Gasteiger partial charge in [0.1, 0.15) is 6.42 Å². The molecule has 0 unspecified atom stereocenters. The zero-order chi connectivity index (χ0) is 19.1. The molecule has 0 bridgehead atoms. The van der Waals surface area contributed by atoms with E-state index >= 15 is 0 Å². The zero-order valence-electron chi connectivity index (χ0n) is 14.2. The number of hydrazone groups is 1. The smallest absolute Gasteiger partial charge is 0.249 e. The largest absolute Gasteiger partial charge is 0.504 e. The SMILES string of the molecule is COc1cc(Br)cc(C=NNC(=O)CC(=O)Nc2ccccc2C)c1O. The number of halogens is 1. The number of hydrogen-bond acceptors (Lipinski definition) is 5. The number of aromatic hydroxyl groups is 1. The normalized spacial score (nSPS) is 10.6. The number of carbonyl (C=O) groups is 2. The van der Waals surface area contributed by atoms with Gasteiger partial charge in [0.25, 0.3) is 0 Å². The monoisotopic (exact) mass is 419 g/mol. The molecule has 0 radical (unpaired) electrons. The first kappa shape index (κ1) is 19.5. The van der Waals surface area contributed by atoms with Crippen LogP contribution in [-0.2, 0) is 9.59 Å². The number of carbonyl (C=O) groups excluding carboxylic acids is 2. The minimum absolute atomic E-state index is 0.106. The number of amides is 2. The second-order valence-corrected chi connectivity index (χ2v) is 6.29. The summed E-state index contributed by atoms with van der Waals surface area (Å²) in [7, 11) is 1.43. The minimum atomic E-state index is -0.575. The van der Waals surface area contributed by atoms with Crippen LogP contribution in [0.15, 0.2) is 46.0 Å². The first-order valence-electron chi connectivity index (χ1n) is 7.64. The van der Waals surface area contributed by atoms with Crippen molar-refractivity contribution in [1.82, 2.24) is 5.43 Å². The fourth-order valence-corrected chi connectivity index (χ4v) is 2.57. The molecule has 0 aliphatic rings. The van der Waals surface area contributed by atoms with Crippen molar-refractivity contribution in [2.75, 3.05) is 12.4 Å². The zero-order valence-corrected chi connectivity index (χ0v) is 15.8. The molecule has 0 spiro atoms. The molecule has 0 atom stereocenters. The van der Waals surface area contributed by atoms with Crippen molar-refractivity contribution in [3.63, 3.8) is 0 Å². The van der Waals surface area contributed by atoms with E-state index in [4.69, 9.17) is 4.74 Å². The minimum Gasteiger partial charge on any atom is -0.504 e. The molecule has 136 valence electrons. The van der Waals surface area contributed by atoms with E-state index in [0.717, 1.165) is 5.56 Å². The Morgan fingerprint density at radius 2 is 2.00 bits per heavy atom. The van der Waals surface area contributed by atoms with Crippen molar-refractivity contribution in [3.8, 4) is 11.5 Å². The van der Waals surface area contributed by atoms with Crippen molar-refractivity contribution in [3.05, 3.63) is 52.0 Å². The Morgan fingerprint density at radius 1 is 1.27 bits per heavy atom. The first-order chi connectivity index (χ1) is 12.4. The van der Waals surface area contributed by atoms with Gasteiger partial charge >= 0.3 is 0 Å². The summed E-state index contributed by atoms with van der Waals surface area (Å²) in [4.78, 5) is 23.7. The molecule has 2 aromatic carbocycles. The molecular weight excluding hydrogens is 402 g/mol. The number of hydrogen-bond donors (Lipinski definition) is 3. The number of phenols is 1. The number of anilines is 1. The van der Waals surface area contributed by atoms with Gasteiger partial charge in [0.2, 0.25) is 11.8 Å². The molecule has 2 aromatic rings. The maximum absolute atomic E-state index is 11.9. The molecule has 0 aromatic heterocycles. The molecule has 2 amide bonds. The summed E-state index contributed by atoms with van der Waals surface area (Å²) in [6, 6.07) is 10.5. The van der Waals surface area contributed by atoms with E-state index in [1.165, 1.54) is 13.3 Å². The molecule has 0 saturated heterocycles. The van der Waals surface area contributed by atoms with Gasteiger partial charge in [0, 0.05) is 15.7 Å². The predicted molar refractivity (Wildman–Crippen MR) is 103 cm³/mol. The first-order valence-corrected chi connectivity index (χ1v) is 8.44. The summed E-state index contributed by atoms with van der Waals surface area (Å²) in [6.07, 6.45) is 0.888. The predicted octanol–water partition coefficient (Wildman–Crippen LogP) is 2.95. The van der Waals surface area contributed by atoms with Crippen molar-refractivity contribution >= 4 is 39.6 Å². The lowest BCUT2D eigenvalue weighted by Gasteiger charge is -2.08. The summed E-state index contributed by atoms with van der Waals surface area (Å²) in [5.74, 6) is -0.858. The van der Waals surface area contributed by atoms with Gasteiger partial charge < -0.3 is 15.2 Å². The van der Waals surface area contributed by atoms with Crippen LogP contribution in [0.1, 0.15) is 17.5 Å². The average molecular weight is 420 g/mol. The second-order valence-electron chi connectivity index (χ2n) is 5.38. The number of benzene rings is 2. The fourth-order valence-electron chi connectivity index (χ4n) is 2.12. The lowest BCUT2D eigenvalue weighted by molar-refractivity contribution is -0.126. The number of para-hydroxylation sites is 1. The highest BCUT2D eigenvalue weighted by atomic mass is 79.9. The molecule has 26 heavy (non-hydrogen) atoms. The lowest BCUT2D eigenvalue weighted by atomic mass is 10.2. The Kier molecular flexibility index (Phi) is 6.74. The van der Waals surface area contributed by atoms with E-state index < -0.39 is 11.8 Å². The average Bonchev–Trinajstić information content (AvgIpc) is 2.59. The topological polar surface area (TPSA) is 100 Å². The van der Waals surface area contributed by atoms with E-state index in [1.54, 1.807) is 24.3 Å². The van der Waals surface area contributed by atoms with E-state index in [1.807, 2.05) is 19.1 Å². The van der Waals surface area contributed by atoms with E-state index in [2.05, 4.69) is 31.8 Å². The number of nitrogens with zero attached hydrogens (tertiary/aromatic N) is 1. The third-order valence-electron chi connectivity index (χ3n) is 3.42. The standard InChI is InChI=1S/C18H18BrN3O4/c1-11-5-3-4-6-14(11)21-16(23)9-17(24)22-20-10-12-7-13(19)8-15(26-2)18(12)25/h3-8,10,25H,9H2,1-2H3,(H,21,23)(H,22,24). The maximum atomic E-state index is 11.9.